The Bertz CT molecular complexity index is 3080. The zero-order valence-electron chi connectivity index (χ0n) is 29.6. The zero-order chi connectivity index (χ0) is 36.2. The summed E-state index contributed by atoms with van der Waals surface area (Å²) < 4.78 is 0. The number of hydrogen-bond acceptors (Lipinski definition) is 2. The maximum absolute atomic E-state index is 5.35. The van der Waals surface area contributed by atoms with Crippen molar-refractivity contribution >= 4 is 59.9 Å². The van der Waals surface area contributed by atoms with Gasteiger partial charge in [-0.05, 0) is 101 Å². The molecule has 9 aromatic rings. The standard InChI is InChI=1S/C52H34N2/c1-3-53-50-32-46(40-22-9-8-19-37(40)33(50)2)49-28-14-27-48(54-49)36-29-30-45-47(31-36)52(42-26-13-18-35-16-5-7-21-39(35)42)44-24-11-10-23-43(44)51(45)41-25-12-17-34-15-4-6-20-38(34)41/h3-32H,1-2H2. The van der Waals surface area contributed by atoms with E-state index in [2.05, 4.69) is 188 Å². The molecule has 0 saturated heterocycles. The van der Waals surface area contributed by atoms with Crippen LogP contribution in [-0.4, -0.2) is 10.7 Å². The highest BCUT2D eigenvalue weighted by Crippen LogP contribution is 2.47. The van der Waals surface area contributed by atoms with E-state index in [4.69, 9.17) is 4.98 Å². The molecule has 2 heteroatoms. The number of benzene rings is 8. The first-order chi connectivity index (χ1) is 26.7. The van der Waals surface area contributed by atoms with Gasteiger partial charge in [0.15, 0.2) is 0 Å². The van der Waals surface area contributed by atoms with Crippen molar-refractivity contribution in [2.24, 2.45) is 4.99 Å². The molecule has 252 valence electrons. The number of aromatic nitrogens is 1. The van der Waals surface area contributed by atoms with Crippen molar-refractivity contribution in [3.05, 3.63) is 212 Å². The van der Waals surface area contributed by atoms with Crippen LogP contribution in [0.25, 0.3) is 87.7 Å². The first kappa shape index (κ1) is 31.6. The van der Waals surface area contributed by atoms with E-state index in [0.29, 0.717) is 0 Å². The Morgan fingerprint density at radius 3 is 1.61 bits per heavy atom. The molecule has 1 heterocycles. The lowest BCUT2D eigenvalue weighted by Crippen LogP contribution is -2.09. The van der Waals surface area contributed by atoms with Crippen LogP contribution >= 0.6 is 0 Å². The number of hydrogen-bond donors (Lipinski definition) is 0. The predicted molar refractivity (Wildman–Crippen MR) is 231 cm³/mol. The lowest BCUT2D eigenvalue weighted by Gasteiger charge is -2.21. The SMILES string of the molecule is C=CN=C1C=C(c2cccc(-c3ccc4c(-c5cccc6ccccc56)c5ccccc5c(-c5cccc6ccccc56)c4c3)n2)c2ccccc2C1=C. The zero-order valence-corrected chi connectivity index (χ0v) is 29.6. The fraction of sp³-hybridized carbons (Fsp3) is 0. The van der Waals surface area contributed by atoms with Crippen molar-refractivity contribution in [2.45, 2.75) is 0 Å². The van der Waals surface area contributed by atoms with Gasteiger partial charge in [0.2, 0.25) is 0 Å². The quantitative estimate of drug-likeness (QED) is 0.165. The number of aliphatic imine (C=N–C) groups is 1. The van der Waals surface area contributed by atoms with Gasteiger partial charge in [-0.25, -0.2) is 4.98 Å². The largest absolute Gasteiger partial charge is 0.257 e. The predicted octanol–water partition coefficient (Wildman–Crippen LogP) is 13.7. The Balaban J connectivity index is 1.26. The monoisotopic (exact) mass is 686 g/mol. The molecule has 1 aromatic heterocycles. The van der Waals surface area contributed by atoms with E-state index in [1.54, 1.807) is 6.20 Å². The second kappa shape index (κ2) is 12.8. The molecule has 0 fully saturated rings. The van der Waals surface area contributed by atoms with E-state index in [1.807, 2.05) is 6.07 Å². The summed E-state index contributed by atoms with van der Waals surface area (Å²) in [5, 5.41) is 9.78. The summed E-state index contributed by atoms with van der Waals surface area (Å²) in [7, 11) is 0. The van der Waals surface area contributed by atoms with E-state index in [0.717, 1.165) is 44.9 Å². The van der Waals surface area contributed by atoms with Gasteiger partial charge < -0.3 is 0 Å². The summed E-state index contributed by atoms with van der Waals surface area (Å²) in [6.45, 7) is 8.21. The van der Waals surface area contributed by atoms with Crippen LogP contribution in [0.1, 0.15) is 16.8 Å². The summed E-state index contributed by atoms with van der Waals surface area (Å²) in [5.41, 5.74) is 12.6. The van der Waals surface area contributed by atoms with E-state index < -0.39 is 0 Å². The number of allylic oxidation sites excluding steroid dienone is 2. The third kappa shape index (κ3) is 5.03. The molecule has 10 rings (SSSR count). The summed E-state index contributed by atoms with van der Waals surface area (Å²) in [6.07, 6.45) is 3.66. The average molecular weight is 687 g/mol. The van der Waals surface area contributed by atoms with Crippen molar-refractivity contribution in [3.8, 4) is 33.5 Å². The third-order valence-corrected chi connectivity index (χ3v) is 10.8. The minimum Gasteiger partial charge on any atom is -0.257 e. The minimum atomic E-state index is 0.796. The maximum atomic E-state index is 5.35. The van der Waals surface area contributed by atoms with Crippen molar-refractivity contribution in [3.63, 3.8) is 0 Å². The van der Waals surface area contributed by atoms with Gasteiger partial charge in [0.05, 0.1) is 17.1 Å². The van der Waals surface area contributed by atoms with Crippen LogP contribution in [0.3, 0.4) is 0 Å². The Hall–Kier alpha value is -7.16. The summed E-state index contributed by atoms with van der Waals surface area (Å²) in [4.78, 5) is 9.92. The maximum Gasteiger partial charge on any atom is 0.0716 e. The van der Waals surface area contributed by atoms with Crippen LogP contribution in [0.15, 0.2) is 200 Å². The summed E-state index contributed by atoms with van der Waals surface area (Å²) in [6, 6.07) is 61.2. The molecular weight excluding hydrogens is 653 g/mol. The fourth-order valence-corrected chi connectivity index (χ4v) is 8.40. The van der Waals surface area contributed by atoms with Gasteiger partial charge >= 0.3 is 0 Å². The molecule has 0 aliphatic heterocycles. The van der Waals surface area contributed by atoms with Crippen LogP contribution in [0.5, 0.6) is 0 Å². The van der Waals surface area contributed by atoms with Gasteiger partial charge in [0.1, 0.15) is 0 Å². The van der Waals surface area contributed by atoms with Crippen molar-refractivity contribution in [2.75, 3.05) is 0 Å². The van der Waals surface area contributed by atoms with Gasteiger partial charge in [0.25, 0.3) is 0 Å². The smallest absolute Gasteiger partial charge is 0.0716 e. The number of nitrogens with zero attached hydrogens (tertiary/aromatic N) is 2. The normalized spacial score (nSPS) is 13.4. The van der Waals surface area contributed by atoms with Gasteiger partial charge in [-0.2, -0.15) is 0 Å². The van der Waals surface area contributed by atoms with Crippen LogP contribution in [0.2, 0.25) is 0 Å². The molecule has 0 atom stereocenters. The molecule has 2 nitrogen and oxygen atoms in total. The Morgan fingerprint density at radius 1 is 0.444 bits per heavy atom. The van der Waals surface area contributed by atoms with Crippen molar-refractivity contribution in [1.29, 1.82) is 0 Å². The second-order valence-corrected chi connectivity index (χ2v) is 13.8. The van der Waals surface area contributed by atoms with Crippen molar-refractivity contribution < 1.29 is 0 Å². The molecule has 0 saturated carbocycles. The van der Waals surface area contributed by atoms with Gasteiger partial charge in [-0.1, -0.05) is 165 Å². The summed E-state index contributed by atoms with van der Waals surface area (Å²) >= 11 is 0. The average Bonchev–Trinajstić information content (AvgIpc) is 3.23. The Labute approximate surface area is 314 Å². The molecule has 1 aliphatic rings. The highest BCUT2D eigenvalue weighted by Gasteiger charge is 2.23. The first-order valence-corrected chi connectivity index (χ1v) is 18.3. The number of pyridine rings is 1. The number of rotatable bonds is 5. The van der Waals surface area contributed by atoms with Crippen LogP contribution in [0.4, 0.5) is 0 Å². The molecule has 0 unspecified atom stereocenters. The lowest BCUT2D eigenvalue weighted by molar-refractivity contribution is 1.27. The van der Waals surface area contributed by atoms with Crippen molar-refractivity contribution in [1.82, 2.24) is 4.98 Å². The number of fused-ring (bicyclic) bond motifs is 5. The second-order valence-electron chi connectivity index (χ2n) is 13.8. The van der Waals surface area contributed by atoms with Gasteiger partial charge in [-0.3, -0.25) is 4.99 Å². The molecule has 0 amide bonds. The van der Waals surface area contributed by atoms with Gasteiger partial charge in [0, 0.05) is 22.9 Å². The third-order valence-electron chi connectivity index (χ3n) is 10.8. The highest BCUT2D eigenvalue weighted by atomic mass is 14.7. The molecule has 54 heavy (non-hydrogen) atoms. The van der Waals surface area contributed by atoms with Crippen LogP contribution in [0, 0.1) is 0 Å². The highest BCUT2D eigenvalue weighted by molar-refractivity contribution is 6.34. The van der Waals surface area contributed by atoms with E-state index in [-0.39, 0.29) is 0 Å². The summed E-state index contributed by atoms with van der Waals surface area (Å²) in [5.74, 6) is 0. The minimum absolute atomic E-state index is 0.796. The first-order valence-electron chi connectivity index (χ1n) is 18.3. The lowest BCUT2D eigenvalue weighted by atomic mass is 9.83. The molecule has 0 spiro atoms. The van der Waals surface area contributed by atoms with Crippen LogP contribution < -0.4 is 0 Å². The van der Waals surface area contributed by atoms with E-state index in [1.165, 1.54) is 65.3 Å². The van der Waals surface area contributed by atoms with E-state index in [9.17, 15) is 0 Å². The molecule has 0 radical (unpaired) electrons. The Kier molecular flexibility index (Phi) is 7.49. The molecule has 0 N–H and O–H groups in total. The molecule has 0 bridgehead atoms. The molecule has 1 aliphatic carbocycles. The van der Waals surface area contributed by atoms with Gasteiger partial charge in [-0.15, -0.1) is 0 Å². The fourth-order valence-electron chi connectivity index (χ4n) is 8.40. The molecular formula is C52H34N2. The van der Waals surface area contributed by atoms with Crippen LogP contribution in [-0.2, 0) is 0 Å². The van der Waals surface area contributed by atoms with E-state index >= 15 is 0 Å². The topological polar surface area (TPSA) is 25.2 Å². The Morgan fingerprint density at radius 2 is 0.944 bits per heavy atom. The molecule has 8 aromatic carbocycles.